The van der Waals surface area contributed by atoms with E-state index in [9.17, 15) is 22.4 Å². The summed E-state index contributed by atoms with van der Waals surface area (Å²) >= 11 is 12.5. The van der Waals surface area contributed by atoms with Gasteiger partial charge in [-0.25, -0.2) is 8.70 Å². The standard InChI is InChI=1S/C32H37Cl2FN4O4S/c1-37(2)44(42,43)39(27-16-14-25(35)15-17-27)22-31(40)38(21-24-13-18-28(33)29(34)19-24)30(20-23-9-5-3-6-10-23)32(41)36-26-11-7-4-8-12-26/h3,5-6,9-10,13-19,26,30H,4,7-8,11-12,20-22H2,1-2H3,(H,36,41)/t30-/m0/s1. The van der Waals surface area contributed by atoms with Gasteiger partial charge in [-0.3, -0.25) is 9.59 Å². The van der Waals surface area contributed by atoms with Gasteiger partial charge in [-0.05, 0) is 60.4 Å². The van der Waals surface area contributed by atoms with Gasteiger partial charge in [0.1, 0.15) is 18.4 Å². The van der Waals surface area contributed by atoms with Crippen LogP contribution in [-0.2, 0) is 32.8 Å². The lowest BCUT2D eigenvalue weighted by molar-refractivity contribution is -0.140. The summed E-state index contributed by atoms with van der Waals surface area (Å²) in [6, 6.07) is 18.1. The molecule has 0 aliphatic heterocycles. The quantitative estimate of drug-likeness (QED) is 0.264. The maximum absolute atomic E-state index is 14.3. The van der Waals surface area contributed by atoms with E-state index in [4.69, 9.17) is 23.2 Å². The molecule has 0 spiro atoms. The van der Waals surface area contributed by atoms with Gasteiger partial charge in [0.15, 0.2) is 0 Å². The van der Waals surface area contributed by atoms with Crippen LogP contribution in [0.5, 0.6) is 0 Å². The highest BCUT2D eigenvalue weighted by Crippen LogP contribution is 2.26. The number of nitrogens with one attached hydrogen (secondary N) is 1. The Kier molecular flexibility index (Phi) is 11.6. The molecule has 1 N–H and O–H groups in total. The molecule has 236 valence electrons. The van der Waals surface area contributed by atoms with Gasteiger partial charge in [-0.15, -0.1) is 0 Å². The third-order valence-corrected chi connectivity index (χ3v) is 10.3. The van der Waals surface area contributed by atoms with E-state index in [-0.39, 0.29) is 35.6 Å². The number of nitrogens with zero attached hydrogens (tertiary/aromatic N) is 3. The first-order valence-electron chi connectivity index (χ1n) is 14.5. The van der Waals surface area contributed by atoms with Gasteiger partial charge < -0.3 is 10.2 Å². The first kappa shape index (κ1) is 33.7. The summed E-state index contributed by atoms with van der Waals surface area (Å²) < 4.78 is 42.6. The zero-order chi connectivity index (χ0) is 31.9. The lowest BCUT2D eigenvalue weighted by Gasteiger charge is -2.35. The number of carbonyl (C=O) groups excluding carboxylic acids is 2. The second kappa shape index (κ2) is 15.2. The van der Waals surface area contributed by atoms with Gasteiger partial charge in [0.25, 0.3) is 0 Å². The van der Waals surface area contributed by atoms with Crippen LogP contribution in [0.3, 0.4) is 0 Å². The molecule has 0 bridgehead atoms. The van der Waals surface area contributed by atoms with Crippen LogP contribution in [0, 0.1) is 5.82 Å². The van der Waals surface area contributed by atoms with Crippen molar-refractivity contribution >= 4 is 50.9 Å². The number of anilines is 1. The summed E-state index contributed by atoms with van der Waals surface area (Å²) in [7, 11) is -1.49. The minimum absolute atomic E-state index is 0.0127. The fraction of sp³-hybridized carbons (Fsp3) is 0.375. The predicted octanol–water partition coefficient (Wildman–Crippen LogP) is 5.83. The van der Waals surface area contributed by atoms with Gasteiger partial charge in [0.2, 0.25) is 11.8 Å². The number of halogens is 3. The molecule has 44 heavy (non-hydrogen) atoms. The summed E-state index contributed by atoms with van der Waals surface area (Å²) in [5.74, 6) is -1.49. The number of amides is 2. The van der Waals surface area contributed by atoms with E-state index >= 15 is 0 Å². The Hall–Kier alpha value is -3.18. The van der Waals surface area contributed by atoms with Crippen LogP contribution in [0.25, 0.3) is 0 Å². The van der Waals surface area contributed by atoms with E-state index in [0.717, 1.165) is 58.4 Å². The molecule has 1 atom stereocenters. The Morgan fingerprint density at radius 1 is 0.909 bits per heavy atom. The highest BCUT2D eigenvalue weighted by atomic mass is 35.5. The minimum atomic E-state index is -4.19. The molecule has 8 nitrogen and oxygen atoms in total. The summed E-state index contributed by atoms with van der Waals surface area (Å²) in [5.41, 5.74) is 1.55. The fourth-order valence-electron chi connectivity index (χ4n) is 5.26. The smallest absolute Gasteiger partial charge is 0.304 e. The third kappa shape index (κ3) is 8.72. The van der Waals surface area contributed by atoms with Crippen molar-refractivity contribution in [1.29, 1.82) is 0 Å². The summed E-state index contributed by atoms with van der Waals surface area (Å²) in [5, 5.41) is 3.78. The zero-order valence-corrected chi connectivity index (χ0v) is 27.1. The average molecular weight is 664 g/mol. The number of hydrogen-bond acceptors (Lipinski definition) is 4. The molecule has 0 saturated heterocycles. The average Bonchev–Trinajstić information content (AvgIpc) is 3.00. The van der Waals surface area contributed by atoms with Crippen molar-refractivity contribution in [2.45, 2.75) is 57.2 Å². The molecule has 1 fully saturated rings. The Balaban J connectivity index is 1.76. The summed E-state index contributed by atoms with van der Waals surface area (Å²) in [4.78, 5) is 29.8. The van der Waals surface area contributed by atoms with Gasteiger partial charge in [0.05, 0.1) is 15.7 Å². The van der Waals surface area contributed by atoms with Crippen molar-refractivity contribution < 1.29 is 22.4 Å². The molecule has 3 aromatic carbocycles. The van der Waals surface area contributed by atoms with Crippen LogP contribution in [0.15, 0.2) is 72.8 Å². The highest BCUT2D eigenvalue weighted by Gasteiger charge is 2.35. The van der Waals surface area contributed by atoms with Gasteiger partial charge in [0, 0.05) is 33.1 Å². The lowest BCUT2D eigenvalue weighted by Crippen LogP contribution is -2.55. The molecule has 3 aromatic rings. The maximum atomic E-state index is 14.3. The Labute approximate surface area is 268 Å². The molecular weight excluding hydrogens is 626 g/mol. The van der Waals surface area contributed by atoms with E-state index in [1.807, 2.05) is 30.3 Å². The van der Waals surface area contributed by atoms with E-state index in [0.29, 0.717) is 10.6 Å². The van der Waals surface area contributed by atoms with Gasteiger partial charge >= 0.3 is 10.2 Å². The molecule has 0 aromatic heterocycles. The maximum Gasteiger partial charge on any atom is 0.304 e. The molecule has 0 heterocycles. The van der Waals surface area contributed by atoms with Crippen molar-refractivity contribution in [3.63, 3.8) is 0 Å². The number of benzene rings is 3. The monoisotopic (exact) mass is 662 g/mol. The van der Waals surface area contributed by atoms with Crippen LogP contribution >= 0.6 is 23.2 Å². The first-order valence-corrected chi connectivity index (χ1v) is 16.6. The van der Waals surface area contributed by atoms with Crippen LogP contribution in [-0.4, -0.2) is 62.2 Å². The van der Waals surface area contributed by atoms with Crippen LogP contribution in [0.2, 0.25) is 10.0 Å². The largest absolute Gasteiger partial charge is 0.352 e. The molecule has 1 saturated carbocycles. The van der Waals surface area contributed by atoms with Crippen molar-refractivity contribution in [3.05, 3.63) is 99.8 Å². The van der Waals surface area contributed by atoms with Crippen LogP contribution < -0.4 is 9.62 Å². The molecule has 1 aliphatic carbocycles. The SMILES string of the molecule is CN(C)S(=O)(=O)N(CC(=O)N(Cc1ccc(Cl)c(Cl)c1)[C@@H](Cc1ccccc1)C(=O)NC1CCCCC1)c1ccc(F)cc1. The Morgan fingerprint density at radius 3 is 2.18 bits per heavy atom. The van der Waals surface area contributed by atoms with Gasteiger partial charge in [-0.2, -0.15) is 12.7 Å². The van der Waals surface area contributed by atoms with Gasteiger partial charge in [-0.1, -0.05) is 78.9 Å². The second-order valence-electron chi connectivity index (χ2n) is 11.1. The van der Waals surface area contributed by atoms with Crippen molar-refractivity contribution in [2.24, 2.45) is 0 Å². The molecular formula is C32H37Cl2FN4O4S. The van der Waals surface area contributed by atoms with Crippen LogP contribution in [0.4, 0.5) is 10.1 Å². The van der Waals surface area contributed by atoms with E-state index in [1.165, 1.54) is 31.1 Å². The van der Waals surface area contributed by atoms with Crippen molar-refractivity contribution in [3.8, 4) is 0 Å². The fourth-order valence-corrected chi connectivity index (χ4v) is 6.63. The topological polar surface area (TPSA) is 90.0 Å². The van der Waals surface area contributed by atoms with Crippen molar-refractivity contribution in [2.75, 3.05) is 24.9 Å². The second-order valence-corrected chi connectivity index (χ2v) is 14.0. The Bertz CT molecular complexity index is 1540. The number of rotatable bonds is 12. The highest BCUT2D eigenvalue weighted by molar-refractivity contribution is 7.90. The third-order valence-electron chi connectivity index (χ3n) is 7.69. The van der Waals surface area contributed by atoms with Crippen LogP contribution in [0.1, 0.15) is 43.2 Å². The van der Waals surface area contributed by atoms with E-state index in [1.54, 1.807) is 18.2 Å². The first-order chi connectivity index (χ1) is 21.0. The zero-order valence-electron chi connectivity index (χ0n) is 24.8. The molecule has 1 aliphatic rings. The Morgan fingerprint density at radius 2 is 1.57 bits per heavy atom. The molecule has 2 amide bonds. The summed E-state index contributed by atoms with van der Waals surface area (Å²) in [6.45, 7) is -0.667. The predicted molar refractivity (Wildman–Crippen MR) is 172 cm³/mol. The molecule has 0 unspecified atom stereocenters. The molecule has 12 heteroatoms. The number of hydrogen-bond donors (Lipinski definition) is 1. The van der Waals surface area contributed by atoms with E-state index < -0.39 is 34.5 Å². The lowest BCUT2D eigenvalue weighted by atomic mass is 9.94. The summed E-state index contributed by atoms with van der Waals surface area (Å²) in [6.07, 6.45) is 5.03. The van der Waals surface area contributed by atoms with Crippen molar-refractivity contribution in [1.82, 2.24) is 14.5 Å². The number of carbonyl (C=O) groups is 2. The molecule has 4 rings (SSSR count). The normalized spacial score (nSPS) is 14.7. The minimum Gasteiger partial charge on any atom is -0.352 e. The molecule has 0 radical (unpaired) electrons. The van der Waals surface area contributed by atoms with E-state index in [2.05, 4.69) is 5.32 Å².